The molecule has 4 nitrogen and oxygen atoms in total. The fraction of sp³-hybridized carbons (Fsp3) is 0. The molecule has 0 radical (unpaired) electrons. The molecule has 7 heavy (non-hydrogen) atoms. The van der Waals surface area contributed by atoms with Crippen molar-refractivity contribution in [1.82, 2.24) is 5.48 Å². The molecule has 0 bridgehead atoms. The monoisotopic (exact) mass is 142 g/mol. The van der Waals surface area contributed by atoms with Gasteiger partial charge in [0.1, 0.15) is 0 Å². The smallest absolute Gasteiger partial charge is 0.357 e. The van der Waals surface area contributed by atoms with E-state index in [-0.39, 0.29) is 5.11 Å². The molecule has 3 N–H and O–H groups in total. The van der Waals surface area contributed by atoms with Gasteiger partial charge in [-0.2, -0.15) is 5.48 Å². The van der Waals surface area contributed by atoms with Gasteiger partial charge in [-0.15, -0.1) is 0 Å². The van der Waals surface area contributed by atoms with Gasteiger partial charge in [-0.05, 0) is 12.2 Å². The van der Waals surface area contributed by atoms with Crippen LogP contribution in [0.3, 0.4) is 0 Å². The molecule has 0 aliphatic carbocycles. The number of halogens is 1. The second-order valence-corrected chi connectivity index (χ2v) is 1.33. The van der Waals surface area contributed by atoms with Crippen LogP contribution in [0.2, 0.25) is 0 Å². The highest BCUT2D eigenvalue weighted by atomic mass is 35.6. The molecule has 0 aromatic carbocycles. The highest BCUT2D eigenvalue weighted by molar-refractivity contribution is 7.80. The van der Waals surface area contributed by atoms with E-state index in [1.807, 2.05) is 5.48 Å². The lowest BCUT2D eigenvalue weighted by Gasteiger charge is -1.87. The third-order valence-electron chi connectivity index (χ3n) is 0.171. The Morgan fingerprint density at radius 3 is 2.71 bits per heavy atom. The van der Waals surface area contributed by atoms with Gasteiger partial charge in [0.15, 0.2) is 5.11 Å². The molecule has 0 aromatic heterocycles. The molecule has 0 heterocycles. The Morgan fingerprint density at radius 2 is 2.57 bits per heavy atom. The molecular weight excluding hydrogens is 140 g/mol. The second kappa shape index (κ2) is 4.07. The number of hydrogen-bond donors (Lipinski definition) is 2. The summed E-state index contributed by atoms with van der Waals surface area (Å²) in [6.07, 6.45) is 0. The first kappa shape index (κ1) is 6.90. The summed E-state index contributed by atoms with van der Waals surface area (Å²) in [4.78, 5) is 0. The minimum Gasteiger partial charge on any atom is -0.504 e. The molecule has 0 amide bonds. The van der Waals surface area contributed by atoms with Crippen LogP contribution in [0.4, 0.5) is 0 Å². The first-order valence-corrected chi connectivity index (χ1v) is 2.28. The zero-order chi connectivity index (χ0) is 5.70. The average Bonchev–Trinajstić information content (AvgIpc) is 1.61. The first-order chi connectivity index (χ1) is 3.27. The van der Waals surface area contributed by atoms with E-state index in [0.717, 1.165) is 0 Å². The van der Waals surface area contributed by atoms with Gasteiger partial charge in [0.2, 0.25) is 0 Å². The van der Waals surface area contributed by atoms with E-state index in [1.165, 1.54) is 0 Å². The molecular formula is CH3ClN2O2S. The summed E-state index contributed by atoms with van der Waals surface area (Å²) in [6.45, 7) is 0. The fourth-order valence-electron chi connectivity index (χ4n) is 0.0538. The van der Waals surface area contributed by atoms with Crippen molar-refractivity contribution in [2.45, 2.75) is 0 Å². The van der Waals surface area contributed by atoms with Crippen molar-refractivity contribution in [2.24, 2.45) is 5.73 Å². The lowest BCUT2D eigenvalue weighted by molar-refractivity contribution is -1.27. The number of nitrogens with one attached hydrogen (secondary N) is 1. The predicted octanol–water partition coefficient (Wildman–Crippen LogP) is -1.97. The van der Waals surface area contributed by atoms with Crippen molar-refractivity contribution in [1.29, 1.82) is 0 Å². The molecule has 0 atom stereocenters. The zero-order valence-electron chi connectivity index (χ0n) is 3.18. The Kier molecular flexibility index (Phi) is 4.01. The quantitative estimate of drug-likeness (QED) is 0.346. The maximum Gasteiger partial charge on any atom is 0.357 e. The Bertz CT molecular complexity index is 68.7. The van der Waals surface area contributed by atoms with E-state index in [4.69, 9.17) is 5.73 Å². The van der Waals surface area contributed by atoms with Crippen LogP contribution in [0.1, 0.15) is 0 Å². The second-order valence-electron chi connectivity index (χ2n) is 0.606. The molecule has 6 heteroatoms. The number of hydrogen-bond acceptors (Lipinski definition) is 3. The number of rotatable bonds is 2. The van der Waals surface area contributed by atoms with Gasteiger partial charge in [-0.1, -0.05) is 0 Å². The third kappa shape index (κ3) is 5.90. The van der Waals surface area contributed by atoms with Crippen LogP contribution < -0.4 is 15.9 Å². The summed E-state index contributed by atoms with van der Waals surface area (Å²) in [5, 5.41) is -0.0663. The Balaban J connectivity index is 2.82. The maximum atomic E-state index is 9.30. The minimum atomic E-state index is -0.0663. The summed E-state index contributed by atoms with van der Waals surface area (Å²) in [5.74, 6) is 0. The van der Waals surface area contributed by atoms with Gasteiger partial charge in [-0.3, -0.25) is 0 Å². The third-order valence-corrected chi connectivity index (χ3v) is 0.394. The van der Waals surface area contributed by atoms with Gasteiger partial charge in [0.05, 0.1) is 0 Å². The van der Waals surface area contributed by atoms with Crippen molar-refractivity contribution in [2.75, 3.05) is 0 Å². The minimum absolute atomic E-state index is 0.0663. The fourth-order valence-corrected chi connectivity index (χ4v) is 0.256. The van der Waals surface area contributed by atoms with E-state index in [9.17, 15) is 4.66 Å². The van der Waals surface area contributed by atoms with Gasteiger partial charge in [0.25, 0.3) is 0 Å². The highest BCUT2D eigenvalue weighted by Gasteiger charge is 1.89. The lowest BCUT2D eigenvalue weighted by Crippen LogP contribution is -2.30. The van der Waals surface area contributed by atoms with Gasteiger partial charge in [0, 0.05) is 4.39 Å². The van der Waals surface area contributed by atoms with E-state index < -0.39 is 0 Å². The molecule has 0 fully saturated rings. The van der Waals surface area contributed by atoms with Gasteiger partial charge < -0.3 is 10.4 Å². The van der Waals surface area contributed by atoms with E-state index >= 15 is 0 Å². The van der Waals surface area contributed by atoms with Gasteiger partial charge in [-0.25, -0.2) is 0 Å². The van der Waals surface area contributed by atoms with Crippen LogP contribution in [0.5, 0.6) is 0 Å². The molecule has 0 spiro atoms. The van der Waals surface area contributed by atoms with Crippen LogP contribution in [-0.2, 0) is 4.39 Å². The Hall–Kier alpha value is -0.100. The molecule has 0 aliphatic heterocycles. The average molecular weight is 143 g/mol. The topological polar surface area (TPSA) is 70.3 Å². The van der Waals surface area contributed by atoms with Crippen LogP contribution in [-0.4, -0.2) is 5.11 Å². The van der Waals surface area contributed by atoms with Crippen LogP contribution in [0, 0.1) is 11.3 Å². The van der Waals surface area contributed by atoms with E-state index in [1.54, 1.807) is 0 Å². The van der Waals surface area contributed by atoms with Crippen molar-refractivity contribution >= 4 is 17.3 Å². The Labute approximate surface area is 49.7 Å². The number of hydroxylamine groups is 1. The van der Waals surface area contributed by atoms with Crippen LogP contribution in [0.15, 0.2) is 0 Å². The molecule has 0 saturated carbocycles. The molecule has 0 rings (SSSR count). The Morgan fingerprint density at radius 1 is 2.00 bits per heavy atom. The van der Waals surface area contributed by atoms with Crippen molar-refractivity contribution in [3.8, 4) is 0 Å². The van der Waals surface area contributed by atoms with E-state index in [2.05, 4.69) is 16.6 Å². The molecule has 0 aliphatic rings. The van der Waals surface area contributed by atoms with Crippen LogP contribution in [0.25, 0.3) is 0 Å². The van der Waals surface area contributed by atoms with Crippen molar-refractivity contribution < 1.29 is 20.4 Å². The maximum absolute atomic E-state index is 9.30. The summed E-state index contributed by atoms with van der Waals surface area (Å²) >= 11 is 4.53. The summed E-state index contributed by atoms with van der Waals surface area (Å²) < 4.78 is 13.2. The SMILES string of the molecule is NC(=S)NO[Cl+][O-]. The molecule has 42 valence electrons. The molecule has 0 unspecified atom stereocenters. The predicted molar refractivity (Wildman–Crippen MR) is 21.0 cm³/mol. The zero-order valence-corrected chi connectivity index (χ0v) is 4.75. The number of nitrogens with two attached hydrogens (primary N) is 1. The highest BCUT2D eigenvalue weighted by Crippen LogP contribution is 1.58. The van der Waals surface area contributed by atoms with E-state index in [0.29, 0.717) is 11.3 Å². The molecule has 0 saturated heterocycles. The number of thiocarbonyl (C=S) groups is 1. The summed E-state index contributed by atoms with van der Waals surface area (Å²) in [7, 11) is 0. The standard InChI is InChI=1S/CH3ClN2O2S/c3-1(7)4-6-2-5/h(H3,3,4,7). The van der Waals surface area contributed by atoms with Crippen molar-refractivity contribution in [3.63, 3.8) is 0 Å². The largest absolute Gasteiger partial charge is 0.504 e. The van der Waals surface area contributed by atoms with Crippen molar-refractivity contribution in [3.05, 3.63) is 0 Å². The first-order valence-electron chi connectivity index (χ1n) is 1.26. The van der Waals surface area contributed by atoms with Gasteiger partial charge >= 0.3 is 11.3 Å². The lowest BCUT2D eigenvalue weighted by atomic mass is 11.2. The van der Waals surface area contributed by atoms with Crippen LogP contribution >= 0.6 is 12.2 Å². The summed E-state index contributed by atoms with van der Waals surface area (Å²) in [6, 6.07) is 0. The molecule has 0 aromatic rings. The summed E-state index contributed by atoms with van der Waals surface area (Å²) in [5.41, 5.74) is 6.74. The normalized spacial score (nSPS) is 8.14.